The van der Waals surface area contributed by atoms with Gasteiger partial charge in [-0.05, 0) is 42.9 Å². The lowest BCUT2D eigenvalue weighted by atomic mass is 10.1. The van der Waals surface area contributed by atoms with E-state index in [1.165, 1.54) is 0 Å². The van der Waals surface area contributed by atoms with Gasteiger partial charge in [-0.1, -0.05) is 24.3 Å². The Morgan fingerprint density at radius 2 is 2.04 bits per heavy atom. The van der Waals surface area contributed by atoms with E-state index >= 15 is 0 Å². The van der Waals surface area contributed by atoms with Crippen LogP contribution < -0.4 is 10.6 Å². The molecule has 2 heterocycles. The Morgan fingerprint density at radius 3 is 2.88 bits per heavy atom. The number of aryl methyl sites for hydroxylation is 1. The topological polar surface area (TPSA) is 80.0 Å². The van der Waals surface area contributed by atoms with Crippen LogP contribution in [0.2, 0.25) is 0 Å². The molecule has 4 rings (SSSR count). The van der Waals surface area contributed by atoms with E-state index in [0.717, 1.165) is 39.4 Å². The van der Waals surface area contributed by atoms with Crippen molar-refractivity contribution < 1.29 is 9.21 Å². The molecule has 0 saturated heterocycles. The molecular formula is C17H12N4O2S2. The number of fused-ring (bicyclic) bond motifs is 2. The van der Waals surface area contributed by atoms with Gasteiger partial charge in [0, 0.05) is 5.39 Å². The zero-order valence-electron chi connectivity index (χ0n) is 13.1. The molecule has 25 heavy (non-hydrogen) atoms. The van der Waals surface area contributed by atoms with E-state index in [4.69, 9.17) is 16.6 Å². The fourth-order valence-corrected chi connectivity index (χ4v) is 3.25. The number of amides is 1. The van der Waals surface area contributed by atoms with Crippen LogP contribution in [0.3, 0.4) is 0 Å². The summed E-state index contributed by atoms with van der Waals surface area (Å²) < 4.78 is 14.0. The Labute approximate surface area is 152 Å². The number of rotatable bonds is 2. The number of aromatic nitrogens is 2. The highest BCUT2D eigenvalue weighted by molar-refractivity contribution is 7.80. The Hall–Kier alpha value is -2.84. The van der Waals surface area contributed by atoms with Gasteiger partial charge in [0.05, 0.1) is 17.4 Å². The van der Waals surface area contributed by atoms with Crippen LogP contribution in [0.4, 0.5) is 5.69 Å². The minimum atomic E-state index is -0.407. The van der Waals surface area contributed by atoms with Crippen LogP contribution in [-0.4, -0.2) is 19.8 Å². The van der Waals surface area contributed by atoms with Gasteiger partial charge in [-0.15, -0.1) is 0 Å². The molecule has 0 unspecified atom stereocenters. The van der Waals surface area contributed by atoms with Crippen LogP contribution in [0, 0.1) is 6.92 Å². The number of carbonyl (C=O) groups is 1. The molecule has 0 bridgehead atoms. The molecule has 0 aliphatic heterocycles. The van der Waals surface area contributed by atoms with Crippen LogP contribution in [0.1, 0.15) is 16.1 Å². The zero-order chi connectivity index (χ0) is 17.4. The Kier molecular flexibility index (Phi) is 3.90. The van der Waals surface area contributed by atoms with Gasteiger partial charge in [-0.3, -0.25) is 10.1 Å². The summed E-state index contributed by atoms with van der Waals surface area (Å²) in [4.78, 5) is 12.4. The molecule has 6 nitrogen and oxygen atoms in total. The number of carbonyl (C=O) groups excluding carboxylic acids is 1. The predicted molar refractivity (Wildman–Crippen MR) is 102 cm³/mol. The molecule has 0 radical (unpaired) electrons. The molecule has 0 aliphatic rings. The average molecular weight is 368 g/mol. The summed E-state index contributed by atoms with van der Waals surface area (Å²) in [7, 11) is 0. The maximum atomic E-state index is 12.4. The monoisotopic (exact) mass is 368 g/mol. The molecule has 0 spiro atoms. The van der Waals surface area contributed by atoms with Crippen molar-refractivity contribution in [2.45, 2.75) is 6.92 Å². The molecule has 1 amide bonds. The first kappa shape index (κ1) is 15.7. The number of hydrogen-bond acceptors (Lipinski definition) is 6. The van der Waals surface area contributed by atoms with Crippen LogP contribution in [-0.2, 0) is 0 Å². The maximum Gasteiger partial charge on any atom is 0.293 e. The van der Waals surface area contributed by atoms with Crippen molar-refractivity contribution in [2.75, 3.05) is 5.32 Å². The fourth-order valence-electron chi connectivity index (χ4n) is 2.51. The minimum absolute atomic E-state index is 0.175. The molecular weight excluding hydrogens is 356 g/mol. The third-order valence-corrected chi connectivity index (χ3v) is 4.50. The van der Waals surface area contributed by atoms with Gasteiger partial charge >= 0.3 is 0 Å². The second-order valence-corrected chi connectivity index (χ2v) is 6.38. The summed E-state index contributed by atoms with van der Waals surface area (Å²) in [6.45, 7) is 1.94. The molecule has 124 valence electrons. The van der Waals surface area contributed by atoms with Crippen molar-refractivity contribution in [1.29, 1.82) is 0 Å². The predicted octanol–water partition coefficient (Wildman–Crippen LogP) is 3.87. The highest BCUT2D eigenvalue weighted by Crippen LogP contribution is 2.25. The normalized spacial score (nSPS) is 10.9. The number of para-hydroxylation sites is 1. The lowest BCUT2D eigenvalue weighted by Gasteiger charge is -2.11. The van der Waals surface area contributed by atoms with Gasteiger partial charge in [-0.2, -0.15) is 8.75 Å². The van der Waals surface area contributed by atoms with Crippen molar-refractivity contribution in [3.8, 4) is 0 Å². The van der Waals surface area contributed by atoms with Crippen molar-refractivity contribution in [3.05, 3.63) is 53.8 Å². The van der Waals surface area contributed by atoms with E-state index in [0.29, 0.717) is 5.58 Å². The number of nitrogens with zero attached hydrogens (tertiary/aromatic N) is 2. The van der Waals surface area contributed by atoms with E-state index < -0.39 is 5.91 Å². The lowest BCUT2D eigenvalue weighted by Crippen LogP contribution is -2.34. The van der Waals surface area contributed by atoms with Crippen LogP contribution in [0.15, 0.2) is 46.9 Å². The van der Waals surface area contributed by atoms with Crippen molar-refractivity contribution in [1.82, 2.24) is 14.1 Å². The first-order valence-electron chi connectivity index (χ1n) is 7.44. The van der Waals surface area contributed by atoms with Crippen LogP contribution in [0.25, 0.3) is 22.0 Å². The van der Waals surface area contributed by atoms with Gasteiger partial charge in [0.25, 0.3) is 5.91 Å². The van der Waals surface area contributed by atoms with Crippen molar-refractivity contribution in [3.63, 3.8) is 0 Å². The summed E-state index contributed by atoms with van der Waals surface area (Å²) in [5.74, 6) is -0.203. The summed E-state index contributed by atoms with van der Waals surface area (Å²) in [6.07, 6.45) is 0. The second-order valence-electron chi connectivity index (χ2n) is 5.45. The van der Waals surface area contributed by atoms with Crippen molar-refractivity contribution >= 4 is 62.7 Å². The van der Waals surface area contributed by atoms with Crippen LogP contribution >= 0.6 is 23.9 Å². The maximum absolute atomic E-state index is 12.4. The standard InChI is InChI=1S/C17H12N4O2S2/c1-9-6-7-11-15(21-25-20-11)14(9)18-17(24)19-16(22)13-8-10-4-2-3-5-12(10)23-13/h2-8H,1H3,(H2,18,19,22,24). The van der Waals surface area contributed by atoms with E-state index in [2.05, 4.69) is 19.4 Å². The van der Waals surface area contributed by atoms with Gasteiger partial charge in [-0.25, -0.2) is 0 Å². The fraction of sp³-hybridized carbons (Fsp3) is 0.0588. The second kappa shape index (κ2) is 6.23. The lowest BCUT2D eigenvalue weighted by molar-refractivity contribution is 0.0953. The zero-order valence-corrected chi connectivity index (χ0v) is 14.7. The van der Waals surface area contributed by atoms with Crippen molar-refractivity contribution in [2.24, 2.45) is 0 Å². The summed E-state index contributed by atoms with van der Waals surface area (Å²) in [5, 5.41) is 6.71. The highest BCUT2D eigenvalue weighted by atomic mass is 32.1. The number of nitrogens with one attached hydrogen (secondary N) is 2. The van der Waals surface area contributed by atoms with Gasteiger partial charge in [0.2, 0.25) is 0 Å². The Balaban J connectivity index is 1.54. The molecule has 0 saturated carbocycles. The number of anilines is 1. The van der Waals surface area contributed by atoms with E-state index in [1.54, 1.807) is 6.07 Å². The number of thiocarbonyl (C=S) groups is 1. The smallest absolute Gasteiger partial charge is 0.293 e. The Morgan fingerprint density at radius 1 is 1.20 bits per heavy atom. The first-order valence-corrected chi connectivity index (χ1v) is 8.58. The number of hydrogen-bond donors (Lipinski definition) is 2. The first-order chi connectivity index (χ1) is 12.1. The van der Waals surface area contributed by atoms with E-state index in [9.17, 15) is 4.79 Å². The molecule has 4 aromatic rings. The van der Waals surface area contributed by atoms with Crippen LogP contribution in [0.5, 0.6) is 0 Å². The molecule has 2 aromatic carbocycles. The van der Waals surface area contributed by atoms with E-state index in [1.807, 2.05) is 43.3 Å². The molecule has 8 heteroatoms. The number of furan rings is 1. The van der Waals surface area contributed by atoms with Gasteiger partial charge in [0.1, 0.15) is 16.6 Å². The average Bonchev–Trinajstić information content (AvgIpc) is 3.23. The Bertz CT molecular complexity index is 1080. The largest absolute Gasteiger partial charge is 0.451 e. The molecule has 0 fully saturated rings. The molecule has 2 N–H and O–H groups in total. The summed E-state index contributed by atoms with van der Waals surface area (Å²) in [6, 6.07) is 12.9. The summed E-state index contributed by atoms with van der Waals surface area (Å²) in [5.41, 5.74) is 3.86. The summed E-state index contributed by atoms with van der Waals surface area (Å²) >= 11 is 6.39. The SMILES string of the molecule is Cc1ccc2nsnc2c1NC(=S)NC(=O)c1cc2ccccc2o1. The molecule has 0 atom stereocenters. The molecule has 0 aliphatic carbocycles. The van der Waals surface area contributed by atoms with Gasteiger partial charge in [0.15, 0.2) is 10.9 Å². The third-order valence-electron chi connectivity index (χ3n) is 3.75. The number of benzene rings is 2. The molecule has 2 aromatic heterocycles. The van der Waals surface area contributed by atoms with Gasteiger partial charge < -0.3 is 9.73 Å². The minimum Gasteiger partial charge on any atom is -0.451 e. The quantitative estimate of drug-likeness (QED) is 0.523. The van der Waals surface area contributed by atoms with E-state index in [-0.39, 0.29) is 10.9 Å². The highest BCUT2D eigenvalue weighted by Gasteiger charge is 2.15. The third kappa shape index (κ3) is 2.97.